The van der Waals surface area contributed by atoms with Gasteiger partial charge in [0.25, 0.3) is 10.1 Å². The van der Waals surface area contributed by atoms with Crippen molar-refractivity contribution in [2.45, 2.75) is 26.8 Å². The van der Waals surface area contributed by atoms with Crippen molar-refractivity contribution >= 4 is 16.1 Å². The molecule has 0 aliphatic heterocycles. The Morgan fingerprint density at radius 1 is 1.29 bits per heavy atom. The number of hydrazine groups is 1. The van der Waals surface area contributed by atoms with Gasteiger partial charge in [-0.25, -0.2) is 4.79 Å². The van der Waals surface area contributed by atoms with Crippen LogP contribution in [0.4, 0.5) is 4.79 Å². The SMILES string of the molecule is CCCNC(=O)N(NCc1ccc(C)cc1)OS(C)(=O)=O. The molecule has 0 aliphatic rings. The molecule has 0 fully saturated rings. The zero-order valence-corrected chi connectivity index (χ0v) is 13.2. The molecule has 0 heterocycles. The number of nitrogens with zero attached hydrogens (tertiary/aromatic N) is 1. The Morgan fingerprint density at radius 3 is 2.43 bits per heavy atom. The number of rotatable bonds is 7. The van der Waals surface area contributed by atoms with Crippen LogP contribution in [0, 0.1) is 6.92 Å². The Morgan fingerprint density at radius 2 is 1.90 bits per heavy atom. The molecule has 0 aromatic heterocycles. The molecule has 2 N–H and O–H groups in total. The predicted octanol–water partition coefficient (Wildman–Crippen LogP) is 1.31. The number of amides is 2. The molecule has 1 aromatic rings. The first-order valence-corrected chi connectivity index (χ1v) is 8.40. The Labute approximate surface area is 125 Å². The molecular weight excluding hydrogens is 294 g/mol. The largest absolute Gasteiger partial charge is 0.357 e. The molecule has 21 heavy (non-hydrogen) atoms. The van der Waals surface area contributed by atoms with Crippen molar-refractivity contribution in [2.24, 2.45) is 0 Å². The highest BCUT2D eigenvalue weighted by molar-refractivity contribution is 7.85. The zero-order chi connectivity index (χ0) is 15.9. The molecule has 8 heteroatoms. The normalized spacial score (nSPS) is 11.2. The van der Waals surface area contributed by atoms with Gasteiger partial charge < -0.3 is 5.32 Å². The lowest BCUT2D eigenvalue weighted by Crippen LogP contribution is -2.48. The predicted molar refractivity (Wildman–Crippen MR) is 79.5 cm³/mol. The van der Waals surface area contributed by atoms with Crippen molar-refractivity contribution in [1.29, 1.82) is 0 Å². The van der Waals surface area contributed by atoms with Gasteiger partial charge in [-0.1, -0.05) is 36.8 Å². The van der Waals surface area contributed by atoms with Crippen molar-refractivity contribution < 1.29 is 17.5 Å². The third-order valence-electron chi connectivity index (χ3n) is 2.47. The van der Waals surface area contributed by atoms with Gasteiger partial charge >= 0.3 is 6.03 Å². The number of urea groups is 1. The molecule has 0 unspecified atom stereocenters. The minimum absolute atomic E-state index is 0.259. The van der Waals surface area contributed by atoms with Crippen LogP contribution in [0.5, 0.6) is 0 Å². The van der Waals surface area contributed by atoms with E-state index in [-0.39, 0.29) is 6.54 Å². The molecule has 1 rings (SSSR count). The standard InChI is InChI=1S/C13H21N3O4S/c1-4-9-14-13(17)16(20-21(3,18)19)15-10-12-7-5-11(2)6-8-12/h5-8,15H,4,9-10H2,1-3H3,(H,14,17). The van der Waals surface area contributed by atoms with Gasteiger partial charge in [0.2, 0.25) is 0 Å². The van der Waals surface area contributed by atoms with Crippen LogP contribution in [0.2, 0.25) is 0 Å². The molecule has 0 atom stereocenters. The number of benzene rings is 1. The lowest BCUT2D eigenvalue weighted by atomic mass is 10.1. The lowest BCUT2D eigenvalue weighted by molar-refractivity contribution is -0.0527. The average molecular weight is 315 g/mol. The second-order valence-corrected chi connectivity index (χ2v) is 6.18. The molecular formula is C13H21N3O4S. The monoisotopic (exact) mass is 315 g/mol. The summed E-state index contributed by atoms with van der Waals surface area (Å²) in [6.45, 7) is 4.54. The van der Waals surface area contributed by atoms with E-state index in [1.54, 1.807) is 0 Å². The topological polar surface area (TPSA) is 87.7 Å². The summed E-state index contributed by atoms with van der Waals surface area (Å²) in [4.78, 5) is 11.8. The van der Waals surface area contributed by atoms with Crippen LogP contribution in [0.25, 0.3) is 0 Å². The van der Waals surface area contributed by atoms with Gasteiger partial charge in [0.05, 0.1) is 6.26 Å². The molecule has 118 valence electrons. The summed E-state index contributed by atoms with van der Waals surface area (Å²) in [7, 11) is -3.80. The maximum Gasteiger partial charge on any atom is 0.357 e. The van der Waals surface area contributed by atoms with Crippen LogP contribution in [0.3, 0.4) is 0 Å². The number of hydrogen-bond acceptors (Lipinski definition) is 5. The molecule has 0 saturated carbocycles. The van der Waals surface area contributed by atoms with Crippen molar-refractivity contribution in [3.05, 3.63) is 35.4 Å². The average Bonchev–Trinajstić information content (AvgIpc) is 2.41. The van der Waals surface area contributed by atoms with Gasteiger partial charge in [-0.15, -0.1) is 9.46 Å². The van der Waals surface area contributed by atoms with E-state index in [0.29, 0.717) is 11.7 Å². The zero-order valence-electron chi connectivity index (χ0n) is 12.4. The van der Waals surface area contributed by atoms with Crippen molar-refractivity contribution in [1.82, 2.24) is 15.9 Å². The fourth-order valence-corrected chi connectivity index (χ4v) is 1.83. The van der Waals surface area contributed by atoms with Crippen LogP contribution >= 0.6 is 0 Å². The summed E-state index contributed by atoms with van der Waals surface area (Å²) in [5.74, 6) is 0. The first kappa shape index (κ1) is 17.4. The van der Waals surface area contributed by atoms with Gasteiger partial charge in [0.15, 0.2) is 0 Å². The fraction of sp³-hybridized carbons (Fsp3) is 0.462. The van der Waals surface area contributed by atoms with Crippen LogP contribution in [-0.2, 0) is 20.9 Å². The maximum absolute atomic E-state index is 11.8. The van der Waals surface area contributed by atoms with Crippen LogP contribution in [0.1, 0.15) is 24.5 Å². The first-order valence-electron chi connectivity index (χ1n) is 6.58. The highest BCUT2D eigenvalue weighted by Gasteiger charge is 2.19. The molecule has 0 bridgehead atoms. The van der Waals surface area contributed by atoms with Crippen molar-refractivity contribution in [3.8, 4) is 0 Å². The summed E-state index contributed by atoms with van der Waals surface area (Å²) < 4.78 is 27.0. The fourth-order valence-electron chi connectivity index (χ4n) is 1.44. The van der Waals surface area contributed by atoms with E-state index in [1.807, 2.05) is 38.1 Å². The minimum Gasteiger partial charge on any atom is -0.335 e. The summed E-state index contributed by atoms with van der Waals surface area (Å²) in [6.07, 6.45) is 1.61. The van der Waals surface area contributed by atoms with Gasteiger partial charge in [-0.05, 0) is 18.9 Å². The summed E-state index contributed by atoms with van der Waals surface area (Å²) >= 11 is 0. The molecule has 0 aliphatic carbocycles. The van der Waals surface area contributed by atoms with E-state index in [9.17, 15) is 13.2 Å². The Bertz CT molecular complexity index is 557. The number of aryl methyl sites for hydroxylation is 1. The molecule has 2 amide bonds. The molecule has 0 spiro atoms. The van der Waals surface area contributed by atoms with E-state index >= 15 is 0 Å². The lowest BCUT2D eigenvalue weighted by Gasteiger charge is -2.21. The second kappa shape index (κ2) is 7.96. The number of hydrogen-bond donors (Lipinski definition) is 2. The quantitative estimate of drug-likeness (QED) is 0.741. The second-order valence-electron chi connectivity index (χ2n) is 4.63. The number of carbonyl (C=O) groups is 1. The Hall–Kier alpha value is -1.64. The Balaban J connectivity index is 2.67. The number of carbonyl (C=O) groups excluding carboxylic acids is 1. The summed E-state index contributed by atoms with van der Waals surface area (Å²) in [5, 5.41) is 3.14. The van der Waals surface area contributed by atoms with E-state index in [0.717, 1.165) is 23.8 Å². The molecule has 0 saturated heterocycles. The minimum atomic E-state index is -3.80. The van der Waals surface area contributed by atoms with Crippen LogP contribution in [0.15, 0.2) is 24.3 Å². The summed E-state index contributed by atoms with van der Waals surface area (Å²) in [5.41, 5.74) is 4.65. The molecule has 0 radical (unpaired) electrons. The molecule has 1 aromatic carbocycles. The highest BCUT2D eigenvalue weighted by atomic mass is 32.2. The summed E-state index contributed by atoms with van der Waals surface area (Å²) in [6, 6.07) is 6.95. The van der Waals surface area contributed by atoms with Gasteiger partial charge in [0.1, 0.15) is 0 Å². The van der Waals surface area contributed by atoms with Crippen molar-refractivity contribution in [3.63, 3.8) is 0 Å². The van der Waals surface area contributed by atoms with Crippen molar-refractivity contribution in [2.75, 3.05) is 12.8 Å². The van der Waals surface area contributed by atoms with Gasteiger partial charge in [0, 0.05) is 13.1 Å². The highest BCUT2D eigenvalue weighted by Crippen LogP contribution is 2.04. The third-order valence-corrected chi connectivity index (χ3v) is 2.89. The van der Waals surface area contributed by atoms with Crippen LogP contribution < -0.4 is 10.7 Å². The van der Waals surface area contributed by atoms with E-state index in [4.69, 9.17) is 0 Å². The smallest absolute Gasteiger partial charge is 0.335 e. The van der Waals surface area contributed by atoms with Crippen LogP contribution in [-0.4, -0.2) is 32.4 Å². The van der Waals surface area contributed by atoms with E-state index in [1.165, 1.54) is 0 Å². The number of nitrogens with one attached hydrogen (secondary N) is 2. The third kappa shape index (κ3) is 7.07. The van der Waals surface area contributed by atoms with Gasteiger partial charge in [-0.2, -0.15) is 13.8 Å². The molecule has 7 nitrogen and oxygen atoms in total. The Kier molecular flexibility index (Phi) is 6.60. The number of hydroxylamine groups is 1. The van der Waals surface area contributed by atoms with Gasteiger partial charge in [-0.3, -0.25) is 0 Å². The van der Waals surface area contributed by atoms with E-state index < -0.39 is 16.1 Å². The first-order chi connectivity index (χ1) is 9.81. The van der Waals surface area contributed by atoms with E-state index in [2.05, 4.69) is 15.0 Å². The maximum atomic E-state index is 11.8.